The Hall–Kier alpha value is -1.51. The van der Waals surface area contributed by atoms with Crippen LogP contribution in [0.25, 0.3) is 0 Å². The van der Waals surface area contributed by atoms with E-state index < -0.39 is 0 Å². The second-order valence-corrected chi connectivity index (χ2v) is 7.73. The van der Waals surface area contributed by atoms with Crippen molar-refractivity contribution in [3.05, 3.63) is 29.8 Å². The predicted octanol–water partition coefficient (Wildman–Crippen LogP) is 3.68. The summed E-state index contributed by atoms with van der Waals surface area (Å²) in [5.74, 6) is 0.742. The van der Waals surface area contributed by atoms with Crippen molar-refractivity contribution in [2.75, 3.05) is 31.1 Å². The molecule has 1 aromatic rings. The van der Waals surface area contributed by atoms with E-state index in [9.17, 15) is 4.79 Å². The van der Waals surface area contributed by atoms with Crippen molar-refractivity contribution in [3.63, 3.8) is 0 Å². The summed E-state index contributed by atoms with van der Waals surface area (Å²) in [6.07, 6.45) is 0.665. The van der Waals surface area contributed by atoms with E-state index in [1.54, 1.807) is 0 Å². The zero-order chi connectivity index (χ0) is 16.3. The first-order valence-corrected chi connectivity index (χ1v) is 8.41. The molecule has 2 rings (SSSR count). The van der Waals surface area contributed by atoms with Crippen LogP contribution in [0.4, 0.5) is 5.69 Å². The first-order valence-electron chi connectivity index (χ1n) is 8.41. The van der Waals surface area contributed by atoms with Gasteiger partial charge in [-0.1, -0.05) is 52.8 Å². The molecule has 1 fully saturated rings. The first kappa shape index (κ1) is 16.9. The number of anilines is 1. The number of para-hydroxylation sites is 1. The van der Waals surface area contributed by atoms with E-state index in [4.69, 9.17) is 0 Å². The van der Waals surface area contributed by atoms with Crippen LogP contribution in [0.5, 0.6) is 0 Å². The number of piperazine rings is 1. The van der Waals surface area contributed by atoms with E-state index in [1.165, 1.54) is 11.3 Å². The summed E-state index contributed by atoms with van der Waals surface area (Å²) in [4.78, 5) is 16.6. The van der Waals surface area contributed by atoms with Gasteiger partial charge in [-0.2, -0.15) is 0 Å². The highest BCUT2D eigenvalue weighted by Crippen LogP contribution is 2.32. The number of carbonyl (C=O) groups excluding carboxylic acids is 1. The number of nitrogens with zero attached hydrogens (tertiary/aromatic N) is 2. The quantitative estimate of drug-likeness (QED) is 0.850. The summed E-state index contributed by atoms with van der Waals surface area (Å²) in [7, 11) is 0. The van der Waals surface area contributed by atoms with Gasteiger partial charge in [0.05, 0.1) is 0 Å². The molecule has 22 heavy (non-hydrogen) atoms. The Kier molecular flexibility index (Phi) is 5.15. The number of hydrogen-bond donors (Lipinski definition) is 0. The first-order chi connectivity index (χ1) is 10.3. The van der Waals surface area contributed by atoms with Gasteiger partial charge in [-0.3, -0.25) is 4.79 Å². The fourth-order valence-electron chi connectivity index (χ4n) is 3.06. The van der Waals surface area contributed by atoms with Crippen LogP contribution in [0.3, 0.4) is 0 Å². The topological polar surface area (TPSA) is 23.6 Å². The van der Waals surface area contributed by atoms with Gasteiger partial charge < -0.3 is 9.80 Å². The molecule has 0 aliphatic carbocycles. The fourth-order valence-corrected chi connectivity index (χ4v) is 3.06. The van der Waals surface area contributed by atoms with Crippen molar-refractivity contribution in [2.45, 2.75) is 46.5 Å². The highest BCUT2D eigenvalue weighted by atomic mass is 16.2. The van der Waals surface area contributed by atoms with Gasteiger partial charge in [-0.25, -0.2) is 0 Å². The van der Waals surface area contributed by atoms with Gasteiger partial charge in [0.25, 0.3) is 0 Å². The Morgan fingerprint density at radius 1 is 1.09 bits per heavy atom. The summed E-state index contributed by atoms with van der Waals surface area (Å²) in [5, 5.41) is 0. The monoisotopic (exact) mass is 302 g/mol. The Morgan fingerprint density at radius 3 is 2.23 bits per heavy atom. The van der Waals surface area contributed by atoms with E-state index in [0.29, 0.717) is 18.2 Å². The van der Waals surface area contributed by atoms with Crippen molar-refractivity contribution in [3.8, 4) is 0 Å². The molecule has 1 saturated heterocycles. The van der Waals surface area contributed by atoms with Crippen molar-refractivity contribution in [1.82, 2.24) is 4.90 Å². The van der Waals surface area contributed by atoms with Gasteiger partial charge in [0.15, 0.2) is 0 Å². The van der Waals surface area contributed by atoms with E-state index in [0.717, 1.165) is 26.2 Å². The Bertz CT molecular complexity index is 508. The largest absolute Gasteiger partial charge is 0.368 e. The average molecular weight is 302 g/mol. The minimum absolute atomic E-state index is 0.140. The molecule has 3 heteroatoms. The van der Waals surface area contributed by atoms with Gasteiger partial charge >= 0.3 is 0 Å². The van der Waals surface area contributed by atoms with Crippen LogP contribution in [-0.2, 0) is 10.2 Å². The van der Waals surface area contributed by atoms with Gasteiger partial charge in [0.2, 0.25) is 5.91 Å². The second-order valence-electron chi connectivity index (χ2n) is 7.73. The minimum Gasteiger partial charge on any atom is -0.368 e. The Morgan fingerprint density at radius 2 is 1.68 bits per heavy atom. The lowest BCUT2D eigenvalue weighted by Gasteiger charge is -2.38. The summed E-state index contributed by atoms with van der Waals surface area (Å²) in [6.45, 7) is 14.5. The standard InChI is InChI=1S/C19H30N2O/c1-15(2)14-18(22)21-12-10-20(11-13-21)17-9-7-6-8-16(17)19(3,4)5/h6-9,15H,10-14H2,1-5H3. The zero-order valence-electron chi connectivity index (χ0n) is 14.7. The number of carbonyl (C=O) groups is 1. The van der Waals surface area contributed by atoms with Crippen LogP contribution in [0.1, 0.15) is 46.6 Å². The lowest BCUT2D eigenvalue weighted by atomic mass is 9.85. The molecule has 0 saturated carbocycles. The summed E-state index contributed by atoms with van der Waals surface area (Å²) in [6, 6.07) is 8.67. The van der Waals surface area contributed by atoms with Crippen molar-refractivity contribution < 1.29 is 4.79 Å². The lowest BCUT2D eigenvalue weighted by molar-refractivity contribution is -0.132. The Balaban J connectivity index is 2.05. The number of benzene rings is 1. The second kappa shape index (κ2) is 6.72. The predicted molar refractivity (Wildman–Crippen MR) is 93.4 cm³/mol. The Labute approximate surface area is 135 Å². The molecule has 0 unspecified atom stereocenters. The molecule has 122 valence electrons. The summed E-state index contributed by atoms with van der Waals surface area (Å²) in [5.41, 5.74) is 2.85. The summed E-state index contributed by atoms with van der Waals surface area (Å²) < 4.78 is 0. The number of amides is 1. The maximum absolute atomic E-state index is 12.2. The number of rotatable bonds is 3. The van der Waals surface area contributed by atoms with Gasteiger partial charge in [0, 0.05) is 38.3 Å². The fraction of sp³-hybridized carbons (Fsp3) is 0.632. The molecular weight excluding hydrogens is 272 g/mol. The van der Waals surface area contributed by atoms with Crippen LogP contribution < -0.4 is 4.90 Å². The van der Waals surface area contributed by atoms with E-state index in [2.05, 4.69) is 63.8 Å². The highest BCUT2D eigenvalue weighted by molar-refractivity contribution is 5.76. The van der Waals surface area contributed by atoms with Crippen molar-refractivity contribution in [1.29, 1.82) is 0 Å². The molecule has 0 bridgehead atoms. The number of hydrogen-bond acceptors (Lipinski definition) is 2. The molecule has 1 heterocycles. The van der Waals surface area contributed by atoms with Gasteiger partial charge in [-0.05, 0) is 23.0 Å². The highest BCUT2D eigenvalue weighted by Gasteiger charge is 2.25. The minimum atomic E-state index is 0.140. The van der Waals surface area contributed by atoms with Crippen molar-refractivity contribution >= 4 is 11.6 Å². The third-order valence-corrected chi connectivity index (χ3v) is 4.27. The molecule has 1 aromatic carbocycles. The van der Waals surface area contributed by atoms with Gasteiger partial charge in [0.1, 0.15) is 0 Å². The lowest BCUT2D eigenvalue weighted by Crippen LogP contribution is -2.49. The molecule has 0 spiro atoms. The molecule has 0 N–H and O–H groups in total. The normalized spacial score (nSPS) is 16.3. The molecule has 1 aliphatic rings. The van der Waals surface area contributed by atoms with Crippen molar-refractivity contribution in [2.24, 2.45) is 5.92 Å². The van der Waals surface area contributed by atoms with E-state index in [-0.39, 0.29) is 5.41 Å². The molecule has 1 aliphatic heterocycles. The molecule has 0 radical (unpaired) electrons. The zero-order valence-corrected chi connectivity index (χ0v) is 14.7. The van der Waals surface area contributed by atoms with Crippen LogP contribution in [-0.4, -0.2) is 37.0 Å². The van der Waals surface area contributed by atoms with Crippen LogP contribution in [0, 0.1) is 5.92 Å². The van der Waals surface area contributed by atoms with Crippen LogP contribution in [0.2, 0.25) is 0 Å². The smallest absolute Gasteiger partial charge is 0.222 e. The van der Waals surface area contributed by atoms with Crippen LogP contribution >= 0.6 is 0 Å². The van der Waals surface area contributed by atoms with E-state index in [1.807, 2.05) is 4.90 Å². The summed E-state index contributed by atoms with van der Waals surface area (Å²) >= 11 is 0. The molecular formula is C19H30N2O. The van der Waals surface area contributed by atoms with E-state index >= 15 is 0 Å². The molecule has 3 nitrogen and oxygen atoms in total. The maximum Gasteiger partial charge on any atom is 0.222 e. The third kappa shape index (κ3) is 4.02. The van der Waals surface area contributed by atoms with Crippen LogP contribution in [0.15, 0.2) is 24.3 Å². The third-order valence-electron chi connectivity index (χ3n) is 4.27. The molecule has 0 atom stereocenters. The van der Waals surface area contributed by atoms with Gasteiger partial charge in [-0.15, -0.1) is 0 Å². The average Bonchev–Trinajstić information content (AvgIpc) is 2.46. The molecule has 0 aromatic heterocycles. The molecule has 1 amide bonds. The SMILES string of the molecule is CC(C)CC(=O)N1CCN(c2ccccc2C(C)(C)C)CC1. The maximum atomic E-state index is 12.2.